The average molecular weight is 787 g/mol. The maximum Gasteiger partial charge on any atom is 0.306 e. The molecule has 4 aliphatic carbocycles. The number of azide groups is 1. The van der Waals surface area contributed by atoms with E-state index in [2.05, 4.69) is 41.6 Å². The van der Waals surface area contributed by atoms with E-state index in [4.69, 9.17) is 42.0 Å². The van der Waals surface area contributed by atoms with Gasteiger partial charge in [-0.15, -0.1) is 0 Å². The molecule has 4 rings (SSSR count). The fourth-order valence-corrected chi connectivity index (χ4v) is 7.54. The van der Waals surface area contributed by atoms with Gasteiger partial charge < -0.3 is 31.7 Å². The van der Waals surface area contributed by atoms with Gasteiger partial charge in [0.05, 0.1) is 12.0 Å². The van der Waals surface area contributed by atoms with Crippen molar-refractivity contribution < 1.29 is 38.7 Å². The molecule has 0 aromatic carbocycles. The van der Waals surface area contributed by atoms with E-state index < -0.39 is 29.2 Å². The number of carbonyl (C=O) groups is 6. The highest BCUT2D eigenvalue weighted by Gasteiger charge is 2.27. The lowest BCUT2D eigenvalue weighted by atomic mass is 9.81. The molecule has 0 aliphatic heterocycles. The number of hydrogen-bond acceptors (Lipinski definition) is 9. The second-order valence-electron chi connectivity index (χ2n) is 15.2. The molecular formula is C36H57B4N9O8. The van der Waals surface area contributed by atoms with Crippen molar-refractivity contribution in [1.82, 2.24) is 26.6 Å². The first-order valence-corrected chi connectivity index (χ1v) is 19.9. The van der Waals surface area contributed by atoms with Crippen LogP contribution in [0, 0.1) is 35.5 Å². The topological polar surface area (TPSA) is 261 Å². The van der Waals surface area contributed by atoms with Crippen LogP contribution in [0.15, 0.2) is 10.1 Å². The van der Waals surface area contributed by atoms with Gasteiger partial charge in [0.25, 0.3) is 0 Å². The summed E-state index contributed by atoms with van der Waals surface area (Å²) < 4.78 is 0. The molecule has 306 valence electrons. The summed E-state index contributed by atoms with van der Waals surface area (Å²) in [5.74, 6) is -1.49. The Hall–Kier alpha value is -4.07. The lowest BCUT2D eigenvalue weighted by Crippen LogP contribution is -2.35. The van der Waals surface area contributed by atoms with Crippen LogP contribution in [0.4, 0.5) is 19.2 Å². The minimum atomic E-state index is -0.702. The Morgan fingerprint density at radius 2 is 0.930 bits per heavy atom. The molecule has 0 unspecified atom stereocenters. The van der Waals surface area contributed by atoms with Gasteiger partial charge in [0, 0.05) is 43.1 Å². The van der Waals surface area contributed by atoms with Gasteiger partial charge in [0.2, 0.25) is 12.0 Å². The minimum Gasteiger partial charge on any atom is -0.481 e. The summed E-state index contributed by atoms with van der Waals surface area (Å²) in [6, 6.07) is 0.808. The maximum absolute atomic E-state index is 11.3. The van der Waals surface area contributed by atoms with Gasteiger partial charge in [0.1, 0.15) is 0 Å². The second-order valence-corrected chi connectivity index (χ2v) is 15.2. The van der Waals surface area contributed by atoms with Gasteiger partial charge in [-0.1, -0.05) is 0 Å². The summed E-state index contributed by atoms with van der Waals surface area (Å²) in [6.07, 6.45) is 16.4. The summed E-state index contributed by atoms with van der Waals surface area (Å²) in [7, 11) is 21.9. The van der Waals surface area contributed by atoms with Crippen LogP contribution in [0.1, 0.15) is 103 Å². The Morgan fingerprint density at radius 3 is 1.23 bits per heavy atom. The molecule has 21 heteroatoms. The molecule has 0 heterocycles. The van der Waals surface area contributed by atoms with Gasteiger partial charge >= 0.3 is 5.97 Å². The van der Waals surface area contributed by atoms with Gasteiger partial charge in [-0.2, -0.15) is 0 Å². The van der Waals surface area contributed by atoms with Gasteiger partial charge in [-0.05, 0) is 144 Å². The van der Waals surface area contributed by atoms with Crippen molar-refractivity contribution in [2.45, 2.75) is 115 Å². The van der Waals surface area contributed by atoms with Crippen molar-refractivity contribution in [3.8, 4) is 0 Å². The van der Waals surface area contributed by atoms with Crippen LogP contribution in [0.3, 0.4) is 0 Å². The van der Waals surface area contributed by atoms with Crippen LogP contribution in [0.25, 0.3) is 10.4 Å². The molecule has 57 heavy (non-hydrogen) atoms. The van der Waals surface area contributed by atoms with E-state index in [1.165, 1.54) is 25.7 Å². The molecule has 0 atom stereocenters. The van der Waals surface area contributed by atoms with Crippen molar-refractivity contribution in [3.63, 3.8) is 0 Å². The number of aliphatic carboxylic acids is 1. The molecule has 17 nitrogen and oxygen atoms in total. The number of amides is 5. The zero-order valence-electron chi connectivity index (χ0n) is 33.2. The molecule has 0 saturated heterocycles. The molecule has 4 aliphatic rings. The van der Waals surface area contributed by atoms with Crippen LogP contribution >= 0.6 is 0 Å². The van der Waals surface area contributed by atoms with Gasteiger partial charge in [-0.3, -0.25) is 28.8 Å². The van der Waals surface area contributed by atoms with Crippen molar-refractivity contribution in [2.24, 2.45) is 45.6 Å². The largest absolute Gasteiger partial charge is 0.481 e. The molecule has 8 radical (unpaired) electrons. The first kappa shape index (κ1) is 50.9. The van der Waals surface area contributed by atoms with E-state index in [1.54, 1.807) is 6.08 Å². The normalized spacial score (nSPS) is 26.3. The monoisotopic (exact) mass is 787 g/mol. The predicted octanol–water partition coefficient (Wildman–Crippen LogP) is 3.67. The Bertz CT molecular complexity index is 1320. The van der Waals surface area contributed by atoms with Crippen molar-refractivity contribution in [3.05, 3.63) is 10.4 Å². The van der Waals surface area contributed by atoms with Crippen LogP contribution < -0.4 is 26.6 Å². The first-order valence-electron chi connectivity index (χ1n) is 19.9. The fraction of sp³-hybridized carbons (Fsp3) is 0.806. The SMILES string of the molecule is [B]C(=O)NCC1CCC(C(=O)N=[N+]=[N-])CC1.[B]C(=O)NCC1CCC(C(=O)O)CC1.[B]C(=O)NCC1CCC(N=C=O)CC1.[B]C(=O)NCC1CCC(NC)CC1. The first-order chi connectivity index (χ1) is 27.2. The highest BCUT2D eigenvalue weighted by atomic mass is 16.4. The van der Waals surface area contributed by atoms with Crippen molar-refractivity contribution in [1.29, 1.82) is 0 Å². The maximum atomic E-state index is 11.3. The molecule has 5 amide bonds. The van der Waals surface area contributed by atoms with E-state index in [0.29, 0.717) is 75.0 Å². The second kappa shape index (κ2) is 30.1. The molecule has 4 fully saturated rings. The van der Waals surface area contributed by atoms with E-state index in [-0.39, 0.29) is 23.8 Å². The number of hydrogen-bond donors (Lipinski definition) is 6. The van der Waals surface area contributed by atoms with Crippen molar-refractivity contribution in [2.75, 3.05) is 33.2 Å². The van der Waals surface area contributed by atoms with Gasteiger partial charge in [0.15, 0.2) is 54.6 Å². The third-order valence-electron chi connectivity index (χ3n) is 11.1. The van der Waals surface area contributed by atoms with E-state index in [0.717, 1.165) is 57.9 Å². The summed E-state index contributed by atoms with van der Waals surface area (Å²) in [6.45, 7) is 2.50. The smallest absolute Gasteiger partial charge is 0.306 e. The number of nitrogens with one attached hydrogen (secondary N) is 5. The Kier molecular flexibility index (Phi) is 26.9. The lowest BCUT2D eigenvalue weighted by molar-refractivity contribution is -0.143. The number of carboxylic acid groups (broad SMARTS) is 1. The van der Waals surface area contributed by atoms with E-state index in [1.807, 2.05) is 7.05 Å². The highest BCUT2D eigenvalue weighted by molar-refractivity contribution is 6.57. The molecule has 0 aromatic rings. The van der Waals surface area contributed by atoms with Crippen LogP contribution in [0.2, 0.25) is 0 Å². The number of aliphatic imine (C=N–C) groups is 1. The minimum absolute atomic E-state index is 0.136. The Morgan fingerprint density at radius 1 is 0.596 bits per heavy atom. The molecule has 0 aromatic heterocycles. The third kappa shape index (κ3) is 25.0. The zero-order valence-corrected chi connectivity index (χ0v) is 33.2. The third-order valence-corrected chi connectivity index (χ3v) is 11.1. The number of nitrogens with zero attached hydrogens (tertiary/aromatic N) is 4. The number of isocyanates is 1. The number of rotatable bonds is 12. The number of carbonyl (C=O) groups excluding carboxylic acids is 6. The van der Waals surface area contributed by atoms with Crippen LogP contribution in [-0.2, 0) is 14.4 Å². The van der Waals surface area contributed by atoms with Crippen LogP contribution in [-0.4, -0.2) is 123 Å². The summed E-state index contributed by atoms with van der Waals surface area (Å²) in [5.41, 5.74) is 8.14. The zero-order chi connectivity index (χ0) is 42.6. The van der Waals surface area contributed by atoms with Crippen molar-refractivity contribution >= 4 is 72.6 Å². The van der Waals surface area contributed by atoms with E-state index >= 15 is 0 Å². The summed E-state index contributed by atoms with van der Waals surface area (Å²) in [5, 5.41) is 25.5. The average Bonchev–Trinajstić information content (AvgIpc) is 3.19. The molecule has 6 N–H and O–H groups in total. The standard InChI is InChI=1S/C9H13BN4O2.C9H13BN2O2.C9H17BN2O.C9H14BNO3/c10-9(16)12-5-6-1-3-7(4-2-6)8(15)13-14-11;10-9(14)11-5-7-1-3-8(4-2-7)12-6-13;1-11-8-4-2-7(3-5-8)6-12-9(10)13;10-9(14)11-5-6-1-3-7(4-2-6)8(12)13/h6-7H,1-5H2,(H,12,16);7-8H,1-5H2,(H,11,14);7-8,11H,2-6H2,1H3,(H,12,13);6-7H,1-5H2,(H,11,14)(H,12,13). The summed E-state index contributed by atoms with van der Waals surface area (Å²) >= 11 is 0. The van der Waals surface area contributed by atoms with E-state index in [9.17, 15) is 33.6 Å². The van der Waals surface area contributed by atoms with Crippen LogP contribution in [0.5, 0.6) is 0 Å². The van der Waals surface area contributed by atoms with Gasteiger partial charge in [-0.25, -0.2) is 9.79 Å². The summed E-state index contributed by atoms with van der Waals surface area (Å²) in [4.78, 5) is 79.9. The fourth-order valence-electron chi connectivity index (χ4n) is 7.54. The molecular weight excluding hydrogens is 730 g/mol. The molecule has 0 bridgehead atoms. The molecule has 0 spiro atoms. The number of carboxylic acids is 1. The Balaban J connectivity index is 0.000000381. The quantitative estimate of drug-likeness (QED) is 0.0421. The highest BCUT2D eigenvalue weighted by Crippen LogP contribution is 2.30. The Labute approximate surface area is 341 Å². The lowest BCUT2D eigenvalue weighted by Gasteiger charge is -2.28. The predicted molar refractivity (Wildman–Crippen MR) is 218 cm³/mol. The molecule has 4 saturated carbocycles.